The average Bonchev–Trinajstić information content (AvgIpc) is 2.37. The molecule has 0 aliphatic carbocycles. The fourth-order valence-corrected chi connectivity index (χ4v) is 1.89. The number of hydrogen-bond donors (Lipinski definition) is 3. The molecule has 0 heterocycles. The second-order valence-electron chi connectivity index (χ2n) is 4.04. The topological polar surface area (TPSA) is 70.6 Å². The molecule has 106 valence electrons. The van der Waals surface area contributed by atoms with E-state index in [1.165, 1.54) is 0 Å². The van der Waals surface area contributed by atoms with Crippen molar-refractivity contribution in [3.63, 3.8) is 0 Å². The van der Waals surface area contributed by atoms with Crippen LogP contribution in [0.5, 0.6) is 0 Å². The molecular weight excluding hydrogens is 268 g/mol. The molecule has 0 aliphatic heterocycles. The largest absolute Gasteiger partial charge is 0.465 e. The fourth-order valence-electron chi connectivity index (χ4n) is 1.69. The Morgan fingerprint density at radius 3 is 2.89 bits per heavy atom. The van der Waals surface area contributed by atoms with Crippen LogP contribution in [-0.2, 0) is 4.74 Å². The van der Waals surface area contributed by atoms with Crippen LogP contribution in [0.3, 0.4) is 0 Å². The normalized spacial score (nSPS) is 12.1. The van der Waals surface area contributed by atoms with Gasteiger partial charge in [0.1, 0.15) is 0 Å². The monoisotopic (exact) mass is 286 g/mol. The smallest absolute Gasteiger partial charge is 0.404 e. The summed E-state index contributed by atoms with van der Waals surface area (Å²) in [5, 5.41) is 14.5. The maximum absolute atomic E-state index is 10.3. The molecule has 1 unspecified atom stereocenters. The van der Waals surface area contributed by atoms with Crippen molar-refractivity contribution in [2.75, 3.05) is 26.7 Å². The van der Waals surface area contributed by atoms with E-state index >= 15 is 0 Å². The van der Waals surface area contributed by atoms with E-state index in [1.807, 2.05) is 31.3 Å². The standard InChI is InChI=1S/C13H19ClN2O3/c1-15-6-5-12(19-8-7-16-13(17)18)10-3-2-4-11(14)9-10/h2-4,9,12,15-16H,5-8H2,1H3,(H,17,18). The quantitative estimate of drug-likeness (QED) is 0.641. The van der Waals surface area contributed by atoms with E-state index in [0.29, 0.717) is 11.6 Å². The highest BCUT2D eigenvalue weighted by molar-refractivity contribution is 6.30. The molecule has 1 aromatic carbocycles. The summed E-state index contributed by atoms with van der Waals surface area (Å²) >= 11 is 5.96. The lowest BCUT2D eigenvalue weighted by Gasteiger charge is -2.18. The summed E-state index contributed by atoms with van der Waals surface area (Å²) in [6, 6.07) is 7.51. The molecule has 3 N–H and O–H groups in total. The Kier molecular flexibility index (Phi) is 7.25. The van der Waals surface area contributed by atoms with Crippen molar-refractivity contribution < 1.29 is 14.6 Å². The summed E-state index contributed by atoms with van der Waals surface area (Å²) < 4.78 is 5.71. The third kappa shape index (κ3) is 6.42. The van der Waals surface area contributed by atoms with Gasteiger partial charge in [0.25, 0.3) is 0 Å². The lowest BCUT2D eigenvalue weighted by Crippen LogP contribution is -2.26. The van der Waals surface area contributed by atoms with Crippen LogP contribution in [0.25, 0.3) is 0 Å². The van der Waals surface area contributed by atoms with Gasteiger partial charge in [0.2, 0.25) is 0 Å². The van der Waals surface area contributed by atoms with Crippen LogP contribution >= 0.6 is 11.6 Å². The van der Waals surface area contributed by atoms with E-state index in [0.717, 1.165) is 18.5 Å². The van der Waals surface area contributed by atoms with Crippen LogP contribution in [0.15, 0.2) is 24.3 Å². The summed E-state index contributed by atoms with van der Waals surface area (Å²) in [5.41, 5.74) is 0.998. The van der Waals surface area contributed by atoms with E-state index in [4.69, 9.17) is 21.4 Å². The molecule has 0 spiro atoms. The third-order valence-corrected chi connectivity index (χ3v) is 2.81. The van der Waals surface area contributed by atoms with Gasteiger partial charge in [-0.2, -0.15) is 0 Å². The number of halogens is 1. The van der Waals surface area contributed by atoms with Crippen LogP contribution in [0.4, 0.5) is 4.79 Å². The highest BCUT2D eigenvalue weighted by atomic mass is 35.5. The van der Waals surface area contributed by atoms with Gasteiger partial charge in [-0.15, -0.1) is 0 Å². The number of benzene rings is 1. The zero-order valence-electron chi connectivity index (χ0n) is 10.9. The van der Waals surface area contributed by atoms with E-state index in [1.54, 1.807) is 0 Å². The van der Waals surface area contributed by atoms with Gasteiger partial charge in [0.15, 0.2) is 0 Å². The lowest BCUT2D eigenvalue weighted by molar-refractivity contribution is 0.0490. The van der Waals surface area contributed by atoms with E-state index in [-0.39, 0.29) is 12.6 Å². The predicted octanol–water partition coefficient (Wildman–Crippen LogP) is 2.27. The molecule has 0 aliphatic rings. The number of nitrogens with one attached hydrogen (secondary N) is 2. The maximum Gasteiger partial charge on any atom is 0.404 e. The van der Waals surface area contributed by atoms with Crippen LogP contribution in [0.1, 0.15) is 18.1 Å². The van der Waals surface area contributed by atoms with Crippen LogP contribution in [0, 0.1) is 0 Å². The van der Waals surface area contributed by atoms with Gasteiger partial charge in [0, 0.05) is 11.6 Å². The van der Waals surface area contributed by atoms with Crippen molar-refractivity contribution in [2.24, 2.45) is 0 Å². The van der Waals surface area contributed by atoms with Gasteiger partial charge in [-0.1, -0.05) is 23.7 Å². The Hall–Kier alpha value is -1.30. The van der Waals surface area contributed by atoms with E-state index in [2.05, 4.69) is 10.6 Å². The number of carboxylic acid groups (broad SMARTS) is 1. The Morgan fingerprint density at radius 2 is 2.26 bits per heavy atom. The molecule has 0 saturated carbocycles. The first-order valence-corrected chi connectivity index (χ1v) is 6.49. The lowest BCUT2D eigenvalue weighted by atomic mass is 10.1. The fraction of sp³-hybridized carbons (Fsp3) is 0.462. The third-order valence-electron chi connectivity index (χ3n) is 2.57. The van der Waals surface area contributed by atoms with Crippen LogP contribution in [0.2, 0.25) is 5.02 Å². The molecule has 0 bridgehead atoms. The second-order valence-corrected chi connectivity index (χ2v) is 4.48. The van der Waals surface area contributed by atoms with Gasteiger partial charge in [-0.25, -0.2) is 4.79 Å². The molecule has 19 heavy (non-hydrogen) atoms. The molecule has 0 fully saturated rings. The summed E-state index contributed by atoms with van der Waals surface area (Å²) in [4.78, 5) is 10.3. The van der Waals surface area contributed by atoms with Gasteiger partial charge in [-0.05, 0) is 37.7 Å². The molecular formula is C13H19ClN2O3. The minimum absolute atomic E-state index is 0.0956. The summed E-state index contributed by atoms with van der Waals surface area (Å²) in [7, 11) is 1.88. The van der Waals surface area contributed by atoms with Gasteiger partial charge < -0.3 is 20.5 Å². The second kappa shape index (κ2) is 8.74. The first kappa shape index (κ1) is 15.8. The van der Waals surface area contributed by atoms with Crippen molar-refractivity contribution in [3.05, 3.63) is 34.9 Å². The molecule has 6 heteroatoms. The Bertz CT molecular complexity index is 401. The molecule has 0 radical (unpaired) electrons. The molecule has 1 aromatic rings. The predicted molar refractivity (Wildman–Crippen MR) is 74.7 cm³/mol. The molecule has 0 aromatic heterocycles. The summed E-state index contributed by atoms with van der Waals surface area (Å²) in [6.45, 7) is 1.41. The van der Waals surface area contributed by atoms with Crippen molar-refractivity contribution in [1.82, 2.24) is 10.6 Å². The zero-order valence-corrected chi connectivity index (χ0v) is 11.6. The molecule has 1 amide bonds. The first-order chi connectivity index (χ1) is 9.13. The molecule has 5 nitrogen and oxygen atoms in total. The van der Waals surface area contributed by atoms with Crippen molar-refractivity contribution in [3.8, 4) is 0 Å². The number of carbonyl (C=O) groups is 1. The van der Waals surface area contributed by atoms with E-state index < -0.39 is 6.09 Å². The van der Waals surface area contributed by atoms with Crippen molar-refractivity contribution >= 4 is 17.7 Å². The summed E-state index contributed by atoms with van der Waals surface area (Å²) in [5.74, 6) is 0. The van der Waals surface area contributed by atoms with Crippen LogP contribution < -0.4 is 10.6 Å². The Labute approximate surface area is 117 Å². The Morgan fingerprint density at radius 1 is 1.47 bits per heavy atom. The first-order valence-electron chi connectivity index (χ1n) is 6.12. The maximum atomic E-state index is 10.3. The SMILES string of the molecule is CNCCC(OCCNC(=O)O)c1cccc(Cl)c1. The number of hydrogen-bond acceptors (Lipinski definition) is 3. The molecule has 1 atom stereocenters. The van der Waals surface area contributed by atoms with Crippen LogP contribution in [-0.4, -0.2) is 37.9 Å². The minimum Gasteiger partial charge on any atom is -0.465 e. The Balaban J connectivity index is 2.53. The van der Waals surface area contributed by atoms with Crippen molar-refractivity contribution in [1.29, 1.82) is 0 Å². The minimum atomic E-state index is -1.04. The van der Waals surface area contributed by atoms with Gasteiger partial charge in [0.05, 0.1) is 12.7 Å². The summed E-state index contributed by atoms with van der Waals surface area (Å²) in [6.07, 6.45) is -0.343. The van der Waals surface area contributed by atoms with Gasteiger partial charge in [-0.3, -0.25) is 0 Å². The number of ether oxygens (including phenoxy) is 1. The van der Waals surface area contributed by atoms with E-state index in [9.17, 15) is 4.79 Å². The number of rotatable bonds is 8. The highest BCUT2D eigenvalue weighted by Crippen LogP contribution is 2.23. The molecule has 1 rings (SSSR count). The zero-order chi connectivity index (χ0) is 14.1. The van der Waals surface area contributed by atoms with Crippen molar-refractivity contribution in [2.45, 2.75) is 12.5 Å². The average molecular weight is 287 g/mol. The van der Waals surface area contributed by atoms with Gasteiger partial charge >= 0.3 is 6.09 Å². The highest BCUT2D eigenvalue weighted by Gasteiger charge is 2.12. The number of amides is 1. The molecule has 0 saturated heterocycles.